The Morgan fingerprint density at radius 1 is 0.793 bits per heavy atom. The average molecular weight is 385 g/mol. The van der Waals surface area contributed by atoms with Gasteiger partial charge in [-0.2, -0.15) is 5.10 Å². The quantitative estimate of drug-likeness (QED) is 0.511. The molecule has 0 atom stereocenters. The molecule has 2 heterocycles. The molecule has 0 saturated heterocycles. The molecule has 0 amide bonds. The van der Waals surface area contributed by atoms with Gasteiger partial charge in [-0.15, -0.1) is 5.10 Å². The number of nitrogens with one attached hydrogen (secondary N) is 1. The van der Waals surface area contributed by atoms with Gasteiger partial charge in [-0.3, -0.25) is 0 Å². The van der Waals surface area contributed by atoms with Crippen LogP contribution in [0.3, 0.4) is 0 Å². The fourth-order valence-corrected chi connectivity index (χ4v) is 2.62. The number of aromatic nitrogens is 4. The van der Waals surface area contributed by atoms with Crippen LogP contribution in [0, 0.1) is 6.92 Å². The Kier molecular flexibility index (Phi) is 5.29. The van der Waals surface area contributed by atoms with Gasteiger partial charge in [-0.05, 0) is 67.6 Å². The summed E-state index contributed by atoms with van der Waals surface area (Å²) in [6.07, 6.45) is 1.72. The van der Waals surface area contributed by atoms with E-state index in [1.165, 1.54) is 0 Å². The highest BCUT2D eigenvalue weighted by molar-refractivity contribution is 5.62. The molecule has 2 aromatic heterocycles. The molecule has 144 valence electrons. The fraction of sp³-hybridized carbons (Fsp3) is 0.0909. The molecule has 2 aromatic carbocycles. The average Bonchev–Trinajstić information content (AvgIpc) is 2.77. The van der Waals surface area contributed by atoms with Crippen molar-refractivity contribution in [1.82, 2.24) is 20.2 Å². The van der Waals surface area contributed by atoms with Crippen LogP contribution in [-0.2, 0) is 0 Å². The molecule has 0 aliphatic rings. The van der Waals surface area contributed by atoms with Crippen molar-refractivity contribution in [1.29, 1.82) is 0 Å². The second-order valence-electron chi connectivity index (χ2n) is 6.26. The second-order valence-corrected chi connectivity index (χ2v) is 6.26. The smallest absolute Gasteiger partial charge is 0.238 e. The zero-order chi connectivity index (χ0) is 20.1. The maximum atomic E-state index is 5.70. The molecule has 4 rings (SSSR count). The van der Waals surface area contributed by atoms with Gasteiger partial charge in [0, 0.05) is 23.5 Å². The van der Waals surface area contributed by atoms with Gasteiger partial charge in [-0.25, -0.2) is 9.97 Å². The van der Waals surface area contributed by atoms with Crippen LogP contribution in [-0.4, -0.2) is 27.3 Å². The first-order valence-electron chi connectivity index (χ1n) is 9.02. The Labute approximate surface area is 168 Å². The summed E-state index contributed by atoms with van der Waals surface area (Å²) in [5.41, 5.74) is 2.64. The van der Waals surface area contributed by atoms with Crippen LogP contribution in [0.2, 0.25) is 0 Å². The number of benzene rings is 2. The van der Waals surface area contributed by atoms with Crippen LogP contribution in [0.1, 0.15) is 5.69 Å². The van der Waals surface area contributed by atoms with E-state index in [1.807, 2.05) is 67.6 Å². The van der Waals surface area contributed by atoms with Gasteiger partial charge in [-0.1, -0.05) is 0 Å². The Morgan fingerprint density at radius 3 is 2.24 bits per heavy atom. The van der Waals surface area contributed by atoms with Crippen molar-refractivity contribution in [3.05, 3.63) is 78.6 Å². The van der Waals surface area contributed by atoms with Crippen molar-refractivity contribution in [2.24, 2.45) is 0 Å². The predicted octanol–water partition coefficient (Wildman–Crippen LogP) is 4.79. The van der Waals surface area contributed by atoms with Gasteiger partial charge in [0.25, 0.3) is 0 Å². The molecular formula is C22H19N5O2. The van der Waals surface area contributed by atoms with Gasteiger partial charge in [0.2, 0.25) is 5.88 Å². The lowest BCUT2D eigenvalue weighted by atomic mass is 10.2. The van der Waals surface area contributed by atoms with Crippen molar-refractivity contribution in [3.63, 3.8) is 0 Å². The lowest BCUT2D eigenvalue weighted by Gasteiger charge is -2.09. The molecule has 0 bridgehead atoms. The number of rotatable bonds is 6. The molecule has 7 heteroatoms. The Balaban J connectivity index is 1.45. The van der Waals surface area contributed by atoms with Crippen LogP contribution in [0.25, 0.3) is 11.4 Å². The van der Waals surface area contributed by atoms with E-state index in [-0.39, 0.29) is 0 Å². The van der Waals surface area contributed by atoms with E-state index in [4.69, 9.17) is 9.47 Å². The SMILES string of the molecule is COc1ccc(-c2nccc(Nc3ccc(Oc4ccc(C)nn4)cc3)n2)cc1. The molecule has 0 saturated carbocycles. The highest BCUT2D eigenvalue weighted by Crippen LogP contribution is 2.24. The minimum absolute atomic E-state index is 0.455. The van der Waals surface area contributed by atoms with Crippen molar-refractivity contribution in [3.8, 4) is 28.8 Å². The molecule has 0 aliphatic carbocycles. The molecule has 29 heavy (non-hydrogen) atoms. The fourth-order valence-electron chi connectivity index (χ4n) is 2.62. The van der Waals surface area contributed by atoms with Crippen LogP contribution < -0.4 is 14.8 Å². The molecule has 0 radical (unpaired) electrons. The van der Waals surface area contributed by atoms with Crippen molar-refractivity contribution in [2.75, 3.05) is 12.4 Å². The highest BCUT2D eigenvalue weighted by Gasteiger charge is 2.05. The highest BCUT2D eigenvalue weighted by atomic mass is 16.5. The summed E-state index contributed by atoms with van der Waals surface area (Å²) in [6.45, 7) is 1.88. The summed E-state index contributed by atoms with van der Waals surface area (Å²) < 4.78 is 10.9. The molecule has 0 spiro atoms. The molecule has 7 nitrogen and oxygen atoms in total. The third-order valence-corrected chi connectivity index (χ3v) is 4.13. The van der Waals surface area contributed by atoms with E-state index < -0.39 is 0 Å². The Hall–Kier alpha value is -4.00. The van der Waals surface area contributed by atoms with Crippen molar-refractivity contribution < 1.29 is 9.47 Å². The van der Waals surface area contributed by atoms with E-state index in [1.54, 1.807) is 19.4 Å². The van der Waals surface area contributed by atoms with Gasteiger partial charge in [0.1, 0.15) is 17.3 Å². The van der Waals surface area contributed by atoms with Crippen LogP contribution in [0.15, 0.2) is 72.9 Å². The lowest BCUT2D eigenvalue weighted by Crippen LogP contribution is -1.97. The van der Waals surface area contributed by atoms with Crippen LogP contribution in [0.4, 0.5) is 11.5 Å². The zero-order valence-corrected chi connectivity index (χ0v) is 16.0. The summed E-state index contributed by atoms with van der Waals surface area (Å²) in [4.78, 5) is 8.93. The summed E-state index contributed by atoms with van der Waals surface area (Å²) >= 11 is 0. The molecule has 4 aromatic rings. The first-order valence-corrected chi connectivity index (χ1v) is 9.02. The number of nitrogens with zero attached hydrogens (tertiary/aromatic N) is 4. The summed E-state index contributed by atoms with van der Waals surface area (Å²) in [5, 5.41) is 11.3. The number of methoxy groups -OCH3 is 1. The van der Waals surface area contributed by atoms with E-state index in [0.29, 0.717) is 23.3 Å². The second kappa shape index (κ2) is 8.35. The van der Waals surface area contributed by atoms with Crippen molar-refractivity contribution in [2.45, 2.75) is 6.92 Å². The van der Waals surface area contributed by atoms with E-state index in [0.717, 1.165) is 22.7 Å². The summed E-state index contributed by atoms with van der Waals surface area (Å²) in [6, 6.07) is 20.6. The number of hydrogen-bond donors (Lipinski definition) is 1. The third kappa shape index (κ3) is 4.65. The maximum Gasteiger partial charge on any atom is 0.238 e. The van der Waals surface area contributed by atoms with E-state index >= 15 is 0 Å². The van der Waals surface area contributed by atoms with Gasteiger partial charge in [0.05, 0.1) is 12.8 Å². The molecule has 0 aliphatic heterocycles. The number of anilines is 2. The Morgan fingerprint density at radius 2 is 1.55 bits per heavy atom. The van der Waals surface area contributed by atoms with Crippen molar-refractivity contribution >= 4 is 11.5 Å². The van der Waals surface area contributed by atoms with Gasteiger partial charge < -0.3 is 14.8 Å². The monoisotopic (exact) mass is 385 g/mol. The molecule has 1 N–H and O–H groups in total. The van der Waals surface area contributed by atoms with Gasteiger partial charge >= 0.3 is 0 Å². The maximum absolute atomic E-state index is 5.70. The summed E-state index contributed by atoms with van der Waals surface area (Å²) in [5.74, 6) is 3.26. The van der Waals surface area contributed by atoms with Crippen LogP contribution >= 0.6 is 0 Å². The van der Waals surface area contributed by atoms with E-state index in [2.05, 4.69) is 25.5 Å². The largest absolute Gasteiger partial charge is 0.497 e. The molecule has 0 fully saturated rings. The van der Waals surface area contributed by atoms with E-state index in [9.17, 15) is 0 Å². The zero-order valence-electron chi connectivity index (χ0n) is 16.0. The molecular weight excluding hydrogens is 366 g/mol. The normalized spacial score (nSPS) is 10.4. The van der Waals surface area contributed by atoms with Crippen LogP contribution in [0.5, 0.6) is 17.4 Å². The topological polar surface area (TPSA) is 82.0 Å². The number of ether oxygens (including phenoxy) is 2. The Bertz CT molecular complexity index is 1080. The summed E-state index contributed by atoms with van der Waals surface area (Å²) in [7, 11) is 1.64. The number of hydrogen-bond acceptors (Lipinski definition) is 7. The number of aryl methyl sites for hydroxylation is 1. The third-order valence-electron chi connectivity index (χ3n) is 4.13. The first kappa shape index (κ1) is 18.4. The minimum Gasteiger partial charge on any atom is -0.497 e. The first-order chi connectivity index (χ1) is 14.2. The molecule has 0 unspecified atom stereocenters. The predicted molar refractivity (Wildman–Crippen MR) is 111 cm³/mol. The van der Waals surface area contributed by atoms with Gasteiger partial charge in [0.15, 0.2) is 5.82 Å². The standard InChI is InChI=1S/C22H19N5O2/c1-15-3-12-21(27-26-15)29-19-10-6-17(7-11-19)24-20-13-14-23-22(25-20)16-4-8-18(28-2)9-5-16/h3-14H,1-2H3,(H,23,24,25). The minimum atomic E-state index is 0.455. The lowest BCUT2D eigenvalue weighted by molar-refractivity contribution is 0.415.